The van der Waals surface area contributed by atoms with Crippen LogP contribution in [0.2, 0.25) is 0 Å². The first kappa shape index (κ1) is 10.1. The number of ether oxygens (including phenoxy) is 1. The zero-order valence-electron chi connectivity index (χ0n) is 8.17. The standard InChI is InChI=1S/C10H16O3/c1-3-5-7-9(11)10(12)8(13-7)6-4-2/h7,12H,3-6H2,1-2H3. The van der Waals surface area contributed by atoms with Crippen LogP contribution < -0.4 is 0 Å². The van der Waals surface area contributed by atoms with Crippen LogP contribution in [0.3, 0.4) is 0 Å². The second-order valence-electron chi connectivity index (χ2n) is 3.28. The van der Waals surface area contributed by atoms with Gasteiger partial charge < -0.3 is 9.84 Å². The first-order valence-electron chi connectivity index (χ1n) is 4.83. The molecule has 1 aliphatic heterocycles. The van der Waals surface area contributed by atoms with E-state index in [4.69, 9.17) is 4.74 Å². The van der Waals surface area contributed by atoms with Gasteiger partial charge in [0.2, 0.25) is 11.5 Å². The summed E-state index contributed by atoms with van der Waals surface area (Å²) >= 11 is 0. The molecule has 3 nitrogen and oxygen atoms in total. The summed E-state index contributed by atoms with van der Waals surface area (Å²) < 4.78 is 5.35. The van der Waals surface area contributed by atoms with Crippen LogP contribution in [0, 0.1) is 0 Å². The largest absolute Gasteiger partial charge is 0.502 e. The topological polar surface area (TPSA) is 46.5 Å². The summed E-state index contributed by atoms with van der Waals surface area (Å²) in [6.07, 6.45) is 2.69. The average Bonchev–Trinajstić information content (AvgIpc) is 2.36. The summed E-state index contributed by atoms with van der Waals surface area (Å²) in [5.41, 5.74) is 0. The van der Waals surface area contributed by atoms with E-state index in [2.05, 4.69) is 0 Å². The van der Waals surface area contributed by atoms with Gasteiger partial charge in [-0.25, -0.2) is 0 Å². The van der Waals surface area contributed by atoms with Crippen LogP contribution in [0.15, 0.2) is 11.5 Å². The highest BCUT2D eigenvalue weighted by Gasteiger charge is 2.33. The third-order valence-electron chi connectivity index (χ3n) is 2.10. The van der Waals surface area contributed by atoms with Gasteiger partial charge in [-0.3, -0.25) is 4.79 Å². The average molecular weight is 184 g/mol. The Hall–Kier alpha value is -0.990. The smallest absolute Gasteiger partial charge is 0.240 e. The van der Waals surface area contributed by atoms with E-state index in [0.717, 1.165) is 12.8 Å². The molecule has 0 radical (unpaired) electrons. The van der Waals surface area contributed by atoms with E-state index in [1.54, 1.807) is 0 Å². The van der Waals surface area contributed by atoms with E-state index in [9.17, 15) is 9.90 Å². The van der Waals surface area contributed by atoms with Gasteiger partial charge in [-0.1, -0.05) is 20.3 Å². The van der Waals surface area contributed by atoms with Crippen LogP contribution in [-0.4, -0.2) is 17.0 Å². The van der Waals surface area contributed by atoms with Crippen molar-refractivity contribution < 1.29 is 14.6 Å². The number of Topliss-reactive ketones (excluding diaryl/α,β-unsaturated/α-hetero) is 1. The zero-order chi connectivity index (χ0) is 9.84. The molecule has 0 aromatic carbocycles. The number of rotatable bonds is 4. The summed E-state index contributed by atoms with van der Waals surface area (Å²) in [5.74, 6) is 0.0801. The minimum Gasteiger partial charge on any atom is -0.502 e. The van der Waals surface area contributed by atoms with Gasteiger partial charge in [0.25, 0.3) is 0 Å². The van der Waals surface area contributed by atoms with Crippen LogP contribution in [0.25, 0.3) is 0 Å². The van der Waals surface area contributed by atoms with E-state index < -0.39 is 6.10 Å². The van der Waals surface area contributed by atoms with Gasteiger partial charge in [0, 0.05) is 6.42 Å². The number of aliphatic hydroxyl groups is 1. The molecule has 0 saturated carbocycles. The predicted octanol–water partition coefficient (Wildman–Crippen LogP) is 2.32. The van der Waals surface area contributed by atoms with Crippen molar-refractivity contribution in [3.63, 3.8) is 0 Å². The normalized spacial score (nSPS) is 22.3. The van der Waals surface area contributed by atoms with Crippen LogP contribution in [0.1, 0.15) is 39.5 Å². The fourth-order valence-electron chi connectivity index (χ4n) is 1.43. The van der Waals surface area contributed by atoms with Gasteiger partial charge >= 0.3 is 0 Å². The van der Waals surface area contributed by atoms with E-state index in [1.165, 1.54) is 0 Å². The first-order chi connectivity index (χ1) is 6.20. The van der Waals surface area contributed by atoms with Crippen molar-refractivity contribution in [2.24, 2.45) is 0 Å². The molecule has 1 aliphatic rings. The van der Waals surface area contributed by atoms with Crippen molar-refractivity contribution in [2.45, 2.75) is 45.6 Å². The third kappa shape index (κ3) is 2.02. The molecule has 1 rings (SSSR count). The lowest BCUT2D eigenvalue weighted by atomic mass is 10.1. The number of carbonyl (C=O) groups excluding carboxylic acids is 1. The van der Waals surface area contributed by atoms with Crippen LogP contribution >= 0.6 is 0 Å². The Kier molecular flexibility index (Phi) is 3.34. The molecule has 0 aromatic rings. The lowest BCUT2D eigenvalue weighted by Crippen LogP contribution is -2.17. The summed E-state index contributed by atoms with van der Waals surface area (Å²) in [5, 5.41) is 9.39. The molecule has 0 amide bonds. The highest BCUT2D eigenvalue weighted by Crippen LogP contribution is 2.25. The monoisotopic (exact) mass is 184 g/mol. The number of ketones is 1. The summed E-state index contributed by atoms with van der Waals surface area (Å²) in [6, 6.07) is 0. The Balaban J connectivity index is 2.62. The van der Waals surface area contributed by atoms with Crippen molar-refractivity contribution >= 4 is 5.78 Å². The van der Waals surface area contributed by atoms with Crippen molar-refractivity contribution in [3.05, 3.63) is 11.5 Å². The van der Waals surface area contributed by atoms with Crippen molar-refractivity contribution in [2.75, 3.05) is 0 Å². The molecule has 1 heterocycles. The molecule has 1 unspecified atom stereocenters. The highest BCUT2D eigenvalue weighted by molar-refractivity contribution is 5.98. The van der Waals surface area contributed by atoms with Crippen molar-refractivity contribution in [1.82, 2.24) is 0 Å². The maximum atomic E-state index is 11.3. The molecule has 0 saturated heterocycles. The van der Waals surface area contributed by atoms with Gasteiger partial charge in [0.1, 0.15) is 5.76 Å². The van der Waals surface area contributed by atoms with Gasteiger partial charge in [-0.15, -0.1) is 0 Å². The van der Waals surface area contributed by atoms with Gasteiger partial charge in [0.15, 0.2) is 6.10 Å². The summed E-state index contributed by atoms with van der Waals surface area (Å²) in [7, 11) is 0. The Bertz CT molecular complexity index is 230. The molecule has 1 N–H and O–H groups in total. The SMILES string of the molecule is CCCC1=C(O)C(=O)C(CCC)O1. The molecule has 0 spiro atoms. The minimum atomic E-state index is -0.424. The molecular weight excluding hydrogens is 168 g/mol. The van der Waals surface area contributed by atoms with Crippen molar-refractivity contribution in [3.8, 4) is 0 Å². The lowest BCUT2D eigenvalue weighted by Gasteiger charge is -2.08. The van der Waals surface area contributed by atoms with E-state index >= 15 is 0 Å². The maximum absolute atomic E-state index is 11.3. The van der Waals surface area contributed by atoms with Crippen molar-refractivity contribution in [1.29, 1.82) is 0 Å². The minimum absolute atomic E-state index is 0.152. The van der Waals surface area contributed by atoms with Gasteiger partial charge in [-0.05, 0) is 12.8 Å². The van der Waals surface area contributed by atoms with E-state index in [1.807, 2.05) is 13.8 Å². The quantitative estimate of drug-likeness (QED) is 0.729. The van der Waals surface area contributed by atoms with Gasteiger partial charge in [-0.2, -0.15) is 0 Å². The second kappa shape index (κ2) is 4.30. The zero-order valence-corrected chi connectivity index (χ0v) is 8.17. The Morgan fingerprint density at radius 1 is 1.38 bits per heavy atom. The van der Waals surface area contributed by atoms with Crippen LogP contribution in [0.4, 0.5) is 0 Å². The number of hydrogen-bond acceptors (Lipinski definition) is 3. The Morgan fingerprint density at radius 3 is 2.62 bits per heavy atom. The predicted molar refractivity (Wildman–Crippen MR) is 49.4 cm³/mol. The fourth-order valence-corrected chi connectivity index (χ4v) is 1.43. The van der Waals surface area contributed by atoms with E-state index in [-0.39, 0.29) is 11.5 Å². The third-order valence-corrected chi connectivity index (χ3v) is 2.10. The van der Waals surface area contributed by atoms with E-state index in [0.29, 0.717) is 18.6 Å². The molecule has 0 bridgehead atoms. The number of carbonyl (C=O) groups is 1. The van der Waals surface area contributed by atoms with Crippen LogP contribution in [0.5, 0.6) is 0 Å². The molecule has 74 valence electrons. The number of hydrogen-bond donors (Lipinski definition) is 1. The Labute approximate surface area is 78.4 Å². The fraction of sp³-hybridized carbons (Fsp3) is 0.700. The molecule has 1 atom stereocenters. The number of allylic oxidation sites excluding steroid dienone is 1. The highest BCUT2D eigenvalue weighted by atomic mass is 16.5. The Morgan fingerprint density at radius 2 is 2.08 bits per heavy atom. The molecular formula is C10H16O3. The maximum Gasteiger partial charge on any atom is 0.240 e. The molecule has 0 fully saturated rings. The summed E-state index contributed by atoms with van der Waals surface area (Å²) in [4.78, 5) is 11.3. The first-order valence-corrected chi connectivity index (χ1v) is 4.83. The molecule has 13 heavy (non-hydrogen) atoms. The summed E-state index contributed by atoms with van der Waals surface area (Å²) in [6.45, 7) is 3.98. The second-order valence-corrected chi connectivity index (χ2v) is 3.28. The lowest BCUT2D eigenvalue weighted by molar-refractivity contribution is -0.123. The molecule has 0 aliphatic carbocycles. The number of aliphatic hydroxyl groups excluding tert-OH is 1. The van der Waals surface area contributed by atoms with Gasteiger partial charge in [0.05, 0.1) is 0 Å². The molecule has 3 heteroatoms. The molecule has 0 aromatic heterocycles. The van der Waals surface area contributed by atoms with Crippen LogP contribution in [-0.2, 0) is 9.53 Å².